The molecule has 0 aliphatic rings. The van der Waals surface area contributed by atoms with Crippen LogP contribution in [0.2, 0.25) is 0 Å². The monoisotopic (exact) mass is 466 g/mol. The predicted molar refractivity (Wildman–Crippen MR) is 127 cm³/mol. The third-order valence-corrected chi connectivity index (χ3v) is 5.14. The SMILES string of the molecule is COc1ccc(OCCCCC=Nc2nc(N)n3nc(-c4ccco4)nc3c2C[NH3+])cc1OC. The van der Waals surface area contributed by atoms with Crippen LogP contribution in [0.5, 0.6) is 17.2 Å². The molecule has 1 aromatic carbocycles. The Hall–Kier alpha value is -4.12. The first kappa shape index (κ1) is 23.1. The number of methoxy groups -OCH3 is 2. The molecule has 0 aliphatic carbocycles. The van der Waals surface area contributed by atoms with Gasteiger partial charge in [0.25, 0.3) is 0 Å². The first-order valence-electron chi connectivity index (χ1n) is 10.9. The van der Waals surface area contributed by atoms with Crippen LogP contribution >= 0.6 is 0 Å². The molecule has 3 heterocycles. The van der Waals surface area contributed by atoms with Crippen molar-refractivity contribution in [3.05, 3.63) is 42.2 Å². The van der Waals surface area contributed by atoms with Gasteiger partial charge in [-0.05, 0) is 43.5 Å². The normalized spacial score (nSPS) is 11.4. The van der Waals surface area contributed by atoms with Crippen LogP contribution in [0.4, 0.5) is 11.8 Å². The van der Waals surface area contributed by atoms with Gasteiger partial charge in [0.2, 0.25) is 11.8 Å². The highest BCUT2D eigenvalue weighted by Gasteiger charge is 2.18. The van der Waals surface area contributed by atoms with E-state index in [2.05, 4.69) is 25.8 Å². The van der Waals surface area contributed by atoms with Gasteiger partial charge in [-0.2, -0.15) is 9.50 Å². The molecule has 0 aliphatic heterocycles. The van der Waals surface area contributed by atoms with E-state index in [0.717, 1.165) is 30.6 Å². The van der Waals surface area contributed by atoms with E-state index >= 15 is 0 Å². The first-order valence-corrected chi connectivity index (χ1v) is 10.9. The quantitative estimate of drug-likeness (QED) is 0.253. The van der Waals surface area contributed by atoms with Gasteiger partial charge in [0.15, 0.2) is 28.7 Å². The number of aromatic nitrogens is 4. The number of furan rings is 1. The summed E-state index contributed by atoms with van der Waals surface area (Å²) in [5, 5.41) is 4.40. The van der Waals surface area contributed by atoms with Crippen LogP contribution in [-0.2, 0) is 6.54 Å². The third-order valence-electron chi connectivity index (χ3n) is 5.14. The molecule has 0 spiro atoms. The van der Waals surface area contributed by atoms with Gasteiger partial charge in [-0.3, -0.25) is 0 Å². The number of nitrogen functional groups attached to an aromatic ring is 1. The number of ether oxygens (including phenoxy) is 3. The highest BCUT2D eigenvalue weighted by atomic mass is 16.5. The summed E-state index contributed by atoms with van der Waals surface area (Å²) in [5.41, 5.74) is 11.4. The number of nitrogens with two attached hydrogens (primary N) is 1. The van der Waals surface area contributed by atoms with Crippen LogP contribution in [0.3, 0.4) is 0 Å². The Labute approximate surface area is 196 Å². The molecule has 0 bridgehead atoms. The van der Waals surface area contributed by atoms with Gasteiger partial charge in [0.1, 0.15) is 12.3 Å². The van der Waals surface area contributed by atoms with Crippen LogP contribution in [0.1, 0.15) is 24.8 Å². The minimum Gasteiger partial charge on any atom is -0.493 e. The number of rotatable bonds is 11. The summed E-state index contributed by atoms with van der Waals surface area (Å²) >= 11 is 0. The lowest BCUT2D eigenvalue weighted by molar-refractivity contribution is -0.386. The number of fused-ring (bicyclic) bond motifs is 1. The van der Waals surface area contributed by atoms with E-state index in [4.69, 9.17) is 24.4 Å². The number of nitrogens with zero attached hydrogens (tertiary/aromatic N) is 5. The van der Waals surface area contributed by atoms with Gasteiger partial charge >= 0.3 is 0 Å². The Morgan fingerprint density at radius 2 is 2.00 bits per heavy atom. The van der Waals surface area contributed by atoms with Crippen molar-refractivity contribution in [1.82, 2.24) is 19.6 Å². The van der Waals surface area contributed by atoms with E-state index in [-0.39, 0.29) is 5.95 Å². The maximum absolute atomic E-state index is 6.10. The fraction of sp³-hybridized carbons (Fsp3) is 0.304. The molecule has 0 fully saturated rings. The lowest BCUT2D eigenvalue weighted by atomic mass is 10.2. The molecule has 0 saturated heterocycles. The van der Waals surface area contributed by atoms with Crippen molar-refractivity contribution < 1.29 is 24.4 Å². The van der Waals surface area contributed by atoms with Gasteiger partial charge in [-0.1, -0.05) is 0 Å². The third kappa shape index (κ3) is 4.94. The fourth-order valence-corrected chi connectivity index (χ4v) is 3.42. The smallest absolute Gasteiger partial charge is 0.225 e. The van der Waals surface area contributed by atoms with E-state index in [1.165, 1.54) is 4.52 Å². The largest absolute Gasteiger partial charge is 0.493 e. The maximum atomic E-state index is 6.10. The minimum atomic E-state index is 0.202. The molecule has 178 valence electrons. The van der Waals surface area contributed by atoms with Crippen LogP contribution in [0.25, 0.3) is 17.2 Å². The summed E-state index contributed by atoms with van der Waals surface area (Å²) in [6.45, 7) is 1.03. The molecule has 0 amide bonds. The van der Waals surface area contributed by atoms with Gasteiger partial charge in [0, 0.05) is 12.3 Å². The highest BCUT2D eigenvalue weighted by molar-refractivity contribution is 5.69. The Kier molecular flexibility index (Phi) is 7.23. The number of hydrogen-bond acceptors (Lipinski definition) is 9. The molecule has 34 heavy (non-hydrogen) atoms. The van der Waals surface area contributed by atoms with Gasteiger partial charge < -0.3 is 30.1 Å². The number of aliphatic imine (C=N–C) groups is 1. The second kappa shape index (κ2) is 10.7. The number of anilines is 1. The Morgan fingerprint density at radius 3 is 2.74 bits per heavy atom. The maximum Gasteiger partial charge on any atom is 0.225 e. The zero-order valence-corrected chi connectivity index (χ0v) is 19.2. The van der Waals surface area contributed by atoms with E-state index < -0.39 is 0 Å². The van der Waals surface area contributed by atoms with Crippen molar-refractivity contribution >= 4 is 23.6 Å². The second-order valence-electron chi connectivity index (χ2n) is 7.34. The summed E-state index contributed by atoms with van der Waals surface area (Å²) in [6, 6.07) is 9.06. The summed E-state index contributed by atoms with van der Waals surface area (Å²) < 4.78 is 23.2. The molecule has 3 aromatic heterocycles. The van der Waals surface area contributed by atoms with Gasteiger partial charge in [-0.15, -0.1) is 5.10 Å². The van der Waals surface area contributed by atoms with Crippen molar-refractivity contribution in [1.29, 1.82) is 0 Å². The van der Waals surface area contributed by atoms with Gasteiger partial charge in [0.05, 0.1) is 32.7 Å². The van der Waals surface area contributed by atoms with Crippen molar-refractivity contribution in [3.63, 3.8) is 0 Å². The molecule has 0 atom stereocenters. The minimum absolute atomic E-state index is 0.202. The Bertz CT molecular complexity index is 1270. The first-order chi connectivity index (χ1) is 16.6. The van der Waals surface area contributed by atoms with E-state index in [1.807, 2.05) is 24.4 Å². The summed E-state index contributed by atoms with van der Waals surface area (Å²) in [4.78, 5) is 13.5. The molecule has 0 unspecified atom stereocenters. The zero-order valence-electron chi connectivity index (χ0n) is 19.2. The average Bonchev–Trinajstić information content (AvgIpc) is 3.54. The van der Waals surface area contributed by atoms with Crippen molar-refractivity contribution in [2.45, 2.75) is 25.8 Å². The number of hydrogen-bond donors (Lipinski definition) is 2. The van der Waals surface area contributed by atoms with Crippen LogP contribution in [-0.4, -0.2) is 46.6 Å². The Balaban J connectivity index is 1.34. The Morgan fingerprint density at radius 1 is 1.15 bits per heavy atom. The molecule has 0 saturated carbocycles. The van der Waals surface area contributed by atoms with Crippen molar-refractivity contribution in [2.24, 2.45) is 4.99 Å². The van der Waals surface area contributed by atoms with Gasteiger partial charge in [-0.25, -0.2) is 9.98 Å². The molecular formula is C23H28N7O4+. The molecule has 11 heteroatoms. The average molecular weight is 467 g/mol. The van der Waals surface area contributed by atoms with E-state index in [1.54, 1.807) is 32.6 Å². The molecular weight excluding hydrogens is 438 g/mol. The molecule has 0 radical (unpaired) electrons. The summed E-state index contributed by atoms with van der Waals surface area (Å²) in [5.74, 6) is 3.74. The van der Waals surface area contributed by atoms with Crippen molar-refractivity contribution in [2.75, 3.05) is 26.6 Å². The molecule has 4 aromatic rings. The fourth-order valence-electron chi connectivity index (χ4n) is 3.42. The van der Waals surface area contributed by atoms with Crippen LogP contribution < -0.4 is 25.7 Å². The standard InChI is InChI=1S/C23H27N7O4/c1-31-17-9-8-15(13-19(17)32-2)33-11-5-3-4-10-26-20-16(14-24)22-27-21(18-7-6-12-34-18)29-30(22)23(25)28-20/h6-10,12-13H,3-5,11,14,24H2,1-2H3,(H2,25,28)/p+1. The molecule has 11 nitrogen and oxygen atoms in total. The van der Waals surface area contributed by atoms with Crippen LogP contribution in [0.15, 0.2) is 46.0 Å². The number of benzene rings is 1. The molecule has 5 N–H and O–H groups in total. The zero-order chi connectivity index (χ0) is 23.9. The second-order valence-corrected chi connectivity index (χ2v) is 7.34. The summed E-state index contributed by atoms with van der Waals surface area (Å²) in [6.07, 6.45) is 5.94. The lowest BCUT2D eigenvalue weighted by Gasteiger charge is -2.10. The van der Waals surface area contributed by atoms with E-state index in [0.29, 0.717) is 47.7 Å². The number of unbranched alkanes of at least 4 members (excludes halogenated alkanes) is 2. The number of quaternary nitrogens is 1. The van der Waals surface area contributed by atoms with Crippen LogP contribution in [0, 0.1) is 0 Å². The molecule has 4 rings (SSSR count). The topological polar surface area (TPSA) is 150 Å². The predicted octanol–water partition coefficient (Wildman–Crippen LogP) is 2.68. The summed E-state index contributed by atoms with van der Waals surface area (Å²) in [7, 11) is 3.20. The van der Waals surface area contributed by atoms with Crippen molar-refractivity contribution in [3.8, 4) is 28.8 Å². The van der Waals surface area contributed by atoms with E-state index in [9.17, 15) is 0 Å². The highest BCUT2D eigenvalue weighted by Crippen LogP contribution is 2.31. The lowest BCUT2D eigenvalue weighted by Crippen LogP contribution is -2.47.